The second kappa shape index (κ2) is 4.35. The Morgan fingerprint density at radius 1 is 1.21 bits per heavy atom. The van der Waals surface area contributed by atoms with Crippen molar-refractivity contribution in [3.63, 3.8) is 0 Å². The molecule has 19 heavy (non-hydrogen) atoms. The maximum atomic E-state index is 11.8. The first kappa shape index (κ1) is 13.2. The molecule has 0 bridgehead atoms. The van der Waals surface area contributed by atoms with Crippen molar-refractivity contribution in [1.82, 2.24) is 10.2 Å². The van der Waals surface area contributed by atoms with Crippen molar-refractivity contribution >= 4 is 6.09 Å². The largest absolute Gasteiger partial charge is 0.444 e. The first-order chi connectivity index (χ1) is 8.85. The predicted octanol–water partition coefficient (Wildman–Crippen LogP) is 1.37. The molecular formula is C14H24N2O3. The van der Waals surface area contributed by atoms with Crippen molar-refractivity contribution < 1.29 is 14.3 Å². The van der Waals surface area contributed by atoms with E-state index >= 15 is 0 Å². The zero-order valence-electron chi connectivity index (χ0n) is 12.1. The third kappa shape index (κ3) is 2.72. The van der Waals surface area contributed by atoms with Gasteiger partial charge in [-0.1, -0.05) is 0 Å². The van der Waals surface area contributed by atoms with Gasteiger partial charge in [0.25, 0.3) is 0 Å². The molecule has 1 N–H and O–H groups in total. The number of nitrogens with zero attached hydrogens (tertiary/aromatic N) is 1. The van der Waals surface area contributed by atoms with Crippen LogP contribution >= 0.6 is 0 Å². The Morgan fingerprint density at radius 3 is 2.32 bits per heavy atom. The molecule has 1 spiro atoms. The van der Waals surface area contributed by atoms with Crippen molar-refractivity contribution in [3.8, 4) is 0 Å². The van der Waals surface area contributed by atoms with Crippen LogP contribution in [0.5, 0.6) is 0 Å². The van der Waals surface area contributed by atoms with Gasteiger partial charge in [0, 0.05) is 31.6 Å². The van der Waals surface area contributed by atoms with Gasteiger partial charge in [0.2, 0.25) is 0 Å². The Kier molecular flexibility index (Phi) is 3.02. The SMILES string of the molecule is CC(C)(C)OC(=O)N1CC2(CC(OC3CNC3)C2)C1. The van der Waals surface area contributed by atoms with E-state index in [1.807, 2.05) is 25.7 Å². The van der Waals surface area contributed by atoms with E-state index in [0.29, 0.717) is 17.6 Å². The van der Waals surface area contributed by atoms with E-state index in [2.05, 4.69) is 5.32 Å². The van der Waals surface area contributed by atoms with Gasteiger partial charge in [-0.15, -0.1) is 0 Å². The Balaban J connectivity index is 1.38. The molecule has 0 unspecified atom stereocenters. The lowest BCUT2D eigenvalue weighted by atomic mass is 9.62. The molecule has 3 aliphatic rings. The first-order valence-corrected chi connectivity index (χ1v) is 7.19. The number of hydrogen-bond acceptors (Lipinski definition) is 4. The van der Waals surface area contributed by atoms with E-state index < -0.39 is 5.60 Å². The molecule has 0 aromatic heterocycles. The fourth-order valence-corrected chi connectivity index (χ4v) is 3.11. The van der Waals surface area contributed by atoms with Crippen LogP contribution in [0, 0.1) is 5.41 Å². The van der Waals surface area contributed by atoms with Gasteiger partial charge in [0.1, 0.15) is 5.60 Å². The van der Waals surface area contributed by atoms with Gasteiger partial charge in [-0.2, -0.15) is 0 Å². The second-order valence-corrected chi connectivity index (χ2v) is 7.28. The molecule has 1 aliphatic carbocycles. The van der Waals surface area contributed by atoms with Crippen molar-refractivity contribution in [3.05, 3.63) is 0 Å². The molecule has 0 aromatic rings. The molecule has 0 radical (unpaired) electrons. The van der Waals surface area contributed by atoms with E-state index in [1.54, 1.807) is 0 Å². The predicted molar refractivity (Wildman–Crippen MR) is 71.0 cm³/mol. The van der Waals surface area contributed by atoms with Gasteiger partial charge in [0.15, 0.2) is 0 Å². The monoisotopic (exact) mass is 268 g/mol. The average Bonchev–Trinajstić information content (AvgIpc) is 2.06. The summed E-state index contributed by atoms with van der Waals surface area (Å²) in [6.45, 7) is 9.37. The fourth-order valence-electron chi connectivity index (χ4n) is 3.11. The number of ether oxygens (including phenoxy) is 2. The van der Waals surface area contributed by atoms with Gasteiger partial charge in [-0.3, -0.25) is 0 Å². The number of nitrogens with one attached hydrogen (secondary N) is 1. The Labute approximate surface area is 114 Å². The maximum Gasteiger partial charge on any atom is 0.410 e. The fraction of sp³-hybridized carbons (Fsp3) is 0.929. The number of hydrogen-bond donors (Lipinski definition) is 1. The molecule has 0 aromatic carbocycles. The summed E-state index contributed by atoms with van der Waals surface area (Å²) < 4.78 is 11.3. The third-order valence-corrected chi connectivity index (χ3v) is 4.15. The first-order valence-electron chi connectivity index (χ1n) is 7.19. The number of rotatable bonds is 2. The van der Waals surface area contributed by atoms with Gasteiger partial charge in [0.05, 0.1) is 12.2 Å². The molecule has 1 amide bonds. The van der Waals surface area contributed by atoms with Crippen LogP contribution in [0.3, 0.4) is 0 Å². The minimum atomic E-state index is -0.400. The standard InChI is InChI=1S/C14H24N2O3/c1-13(2,3)19-12(17)16-8-14(9-16)4-10(5-14)18-11-6-15-7-11/h10-11,15H,4-9H2,1-3H3. The van der Waals surface area contributed by atoms with E-state index in [9.17, 15) is 4.79 Å². The summed E-state index contributed by atoms with van der Waals surface area (Å²) in [4.78, 5) is 13.7. The summed E-state index contributed by atoms with van der Waals surface area (Å²) in [5.74, 6) is 0. The van der Waals surface area contributed by atoms with E-state index in [-0.39, 0.29) is 6.09 Å². The van der Waals surface area contributed by atoms with Gasteiger partial charge >= 0.3 is 6.09 Å². The highest BCUT2D eigenvalue weighted by Crippen LogP contribution is 2.50. The van der Waals surface area contributed by atoms with Crippen LogP contribution in [0.2, 0.25) is 0 Å². The van der Waals surface area contributed by atoms with Crippen molar-refractivity contribution in [1.29, 1.82) is 0 Å². The van der Waals surface area contributed by atoms with Crippen LogP contribution in [0.1, 0.15) is 33.6 Å². The molecule has 5 heteroatoms. The minimum absolute atomic E-state index is 0.175. The molecule has 2 saturated heterocycles. The van der Waals surface area contributed by atoms with E-state index in [4.69, 9.17) is 9.47 Å². The number of amides is 1. The van der Waals surface area contributed by atoms with Crippen LogP contribution in [0.15, 0.2) is 0 Å². The zero-order valence-corrected chi connectivity index (χ0v) is 12.1. The molecule has 1 saturated carbocycles. The summed E-state index contributed by atoms with van der Waals surface area (Å²) in [6, 6.07) is 0. The van der Waals surface area contributed by atoms with Crippen molar-refractivity contribution in [2.24, 2.45) is 5.41 Å². The van der Waals surface area contributed by atoms with Crippen LogP contribution in [0.25, 0.3) is 0 Å². The van der Waals surface area contributed by atoms with Crippen LogP contribution < -0.4 is 5.32 Å². The van der Waals surface area contributed by atoms with Crippen LogP contribution in [0.4, 0.5) is 4.79 Å². The van der Waals surface area contributed by atoms with Crippen LogP contribution in [-0.2, 0) is 9.47 Å². The average molecular weight is 268 g/mol. The summed E-state index contributed by atoms with van der Waals surface area (Å²) in [5, 5.41) is 3.21. The van der Waals surface area contributed by atoms with Gasteiger partial charge in [-0.05, 0) is 33.6 Å². The third-order valence-electron chi connectivity index (χ3n) is 4.15. The molecule has 3 fully saturated rings. The van der Waals surface area contributed by atoms with Gasteiger partial charge < -0.3 is 19.7 Å². The van der Waals surface area contributed by atoms with E-state index in [0.717, 1.165) is 39.0 Å². The van der Waals surface area contributed by atoms with Crippen LogP contribution in [-0.4, -0.2) is 55.0 Å². The molecule has 2 aliphatic heterocycles. The summed E-state index contributed by atoms with van der Waals surface area (Å²) in [7, 11) is 0. The lowest BCUT2D eigenvalue weighted by Crippen LogP contribution is -2.66. The van der Waals surface area contributed by atoms with Gasteiger partial charge in [-0.25, -0.2) is 4.79 Å². The summed E-state index contributed by atoms with van der Waals surface area (Å²) in [6.07, 6.45) is 2.86. The zero-order chi connectivity index (χ0) is 13.7. The lowest BCUT2D eigenvalue weighted by Gasteiger charge is -2.59. The van der Waals surface area contributed by atoms with Crippen molar-refractivity contribution in [2.45, 2.75) is 51.4 Å². The number of carbonyl (C=O) groups excluding carboxylic acids is 1. The Morgan fingerprint density at radius 2 is 1.84 bits per heavy atom. The summed E-state index contributed by atoms with van der Waals surface area (Å²) >= 11 is 0. The molecule has 0 atom stereocenters. The minimum Gasteiger partial charge on any atom is -0.444 e. The van der Waals surface area contributed by atoms with Crippen molar-refractivity contribution in [2.75, 3.05) is 26.2 Å². The topological polar surface area (TPSA) is 50.8 Å². The normalized spacial score (nSPS) is 26.6. The number of likely N-dealkylation sites (tertiary alicyclic amines) is 1. The lowest BCUT2D eigenvalue weighted by molar-refractivity contribution is -0.170. The Hall–Kier alpha value is -0.810. The molecule has 2 heterocycles. The highest BCUT2D eigenvalue weighted by atomic mass is 16.6. The highest BCUT2D eigenvalue weighted by Gasteiger charge is 2.55. The smallest absolute Gasteiger partial charge is 0.410 e. The quantitative estimate of drug-likeness (QED) is 0.822. The van der Waals surface area contributed by atoms with E-state index in [1.165, 1.54) is 0 Å². The molecule has 5 nitrogen and oxygen atoms in total. The molecule has 108 valence electrons. The number of carbonyl (C=O) groups is 1. The Bertz CT molecular complexity index is 359. The maximum absolute atomic E-state index is 11.8. The highest BCUT2D eigenvalue weighted by molar-refractivity contribution is 5.69. The second-order valence-electron chi connectivity index (χ2n) is 7.28. The summed E-state index contributed by atoms with van der Waals surface area (Å²) in [5.41, 5.74) is -0.0684. The molecular weight excluding hydrogens is 244 g/mol. The molecule has 3 rings (SSSR count).